The highest BCUT2D eigenvalue weighted by Gasteiger charge is 2.16. The van der Waals surface area contributed by atoms with Gasteiger partial charge in [0.05, 0.1) is 7.45 Å². The lowest BCUT2D eigenvalue weighted by molar-refractivity contribution is 0.0882. The Balaban J connectivity index is 2.96. The maximum absolute atomic E-state index is 9.46. The molecular formula is C6H13NO. The van der Waals surface area contributed by atoms with Gasteiger partial charge >= 0.3 is 0 Å². The molecule has 8 heavy (non-hydrogen) atoms. The van der Waals surface area contributed by atoms with E-state index in [-0.39, 0.29) is 0 Å². The van der Waals surface area contributed by atoms with Crippen molar-refractivity contribution in [2.75, 3.05) is 13.0 Å². The fourth-order valence-corrected chi connectivity index (χ4v) is 0.530. The summed E-state index contributed by atoms with van der Waals surface area (Å²) < 4.78 is 36.7. The topological polar surface area (TPSA) is 32.3 Å². The Hall–Kier alpha value is -0.0800. The average molecular weight is 120 g/mol. The fourth-order valence-electron chi connectivity index (χ4n) is 0.530. The van der Waals surface area contributed by atoms with E-state index in [1.54, 1.807) is 0 Å². The predicted octanol–water partition coefficient (Wildman–Crippen LogP) is -0.0233. The summed E-state index contributed by atoms with van der Waals surface area (Å²) in [6.45, 7) is -2.71. The van der Waals surface area contributed by atoms with E-state index in [2.05, 4.69) is 5.32 Å². The molecule has 0 aromatic heterocycles. The average Bonchev–Trinajstić information content (AvgIpc) is 1.77. The SMILES string of the molecule is [2H]C1([2H])CC([2H])(O)C(C)C([2H])([2H])N1. The standard InChI is InChI=1S/C6H13NO/c1-5-4-7-3-2-6(5)8/h5-8H,2-4H2,1H3/i3D2,4D2,6D. The zero-order valence-electron chi connectivity index (χ0n) is 9.73. The van der Waals surface area contributed by atoms with Gasteiger partial charge < -0.3 is 10.4 Å². The third-order valence-corrected chi connectivity index (χ3v) is 1.15. The second kappa shape index (κ2) is 2.46. The van der Waals surface area contributed by atoms with E-state index in [0.29, 0.717) is 0 Å². The number of hydrogen-bond donors (Lipinski definition) is 2. The van der Waals surface area contributed by atoms with Gasteiger partial charge in [0, 0.05) is 12.0 Å². The van der Waals surface area contributed by atoms with Crippen LogP contribution in [0.2, 0.25) is 0 Å². The largest absolute Gasteiger partial charge is 0.393 e. The zero-order chi connectivity index (χ0) is 10.5. The van der Waals surface area contributed by atoms with Gasteiger partial charge in [-0.05, 0) is 18.8 Å². The minimum atomic E-state index is -2.06. The third-order valence-electron chi connectivity index (χ3n) is 1.15. The molecule has 2 unspecified atom stereocenters. The van der Waals surface area contributed by atoms with Crippen molar-refractivity contribution in [1.29, 1.82) is 0 Å². The van der Waals surface area contributed by atoms with E-state index < -0.39 is 31.4 Å². The summed E-state index contributed by atoms with van der Waals surface area (Å²) in [6, 6.07) is 0. The Labute approximate surface area is 56.9 Å². The summed E-state index contributed by atoms with van der Waals surface area (Å²) in [6.07, 6.45) is -2.49. The van der Waals surface area contributed by atoms with Crippen molar-refractivity contribution in [3.05, 3.63) is 0 Å². The maximum atomic E-state index is 9.46. The van der Waals surface area contributed by atoms with Gasteiger partial charge in [0.15, 0.2) is 0 Å². The van der Waals surface area contributed by atoms with Gasteiger partial charge in [-0.3, -0.25) is 0 Å². The zero-order valence-corrected chi connectivity index (χ0v) is 4.73. The molecule has 1 saturated heterocycles. The van der Waals surface area contributed by atoms with Crippen LogP contribution in [0.5, 0.6) is 0 Å². The van der Waals surface area contributed by atoms with E-state index in [1.165, 1.54) is 6.92 Å². The molecule has 0 amide bonds. The van der Waals surface area contributed by atoms with Crippen LogP contribution in [0, 0.1) is 5.92 Å². The molecule has 2 N–H and O–H groups in total. The van der Waals surface area contributed by atoms with Crippen LogP contribution in [0.3, 0.4) is 0 Å². The van der Waals surface area contributed by atoms with Crippen LogP contribution < -0.4 is 5.32 Å². The van der Waals surface area contributed by atoms with Crippen molar-refractivity contribution >= 4 is 0 Å². The highest BCUT2D eigenvalue weighted by Crippen LogP contribution is 2.08. The summed E-state index contributed by atoms with van der Waals surface area (Å²) in [5, 5.41) is 11.6. The molecule has 1 aliphatic rings. The smallest absolute Gasteiger partial charge is 0.0604 e. The number of hydrogen-bond acceptors (Lipinski definition) is 2. The molecular weight excluding hydrogens is 102 g/mol. The monoisotopic (exact) mass is 120 g/mol. The number of aliphatic hydroxyl groups is 1. The molecule has 0 radical (unpaired) electrons. The predicted molar refractivity (Wildman–Crippen MR) is 32.7 cm³/mol. The van der Waals surface area contributed by atoms with E-state index in [1.807, 2.05) is 0 Å². The lowest BCUT2D eigenvalue weighted by atomic mass is 9.99. The highest BCUT2D eigenvalue weighted by atomic mass is 16.3. The van der Waals surface area contributed by atoms with E-state index in [0.717, 1.165) is 0 Å². The Kier molecular flexibility index (Phi) is 0.700. The van der Waals surface area contributed by atoms with Crippen LogP contribution in [0.25, 0.3) is 0 Å². The number of nitrogens with one attached hydrogen (secondary N) is 1. The van der Waals surface area contributed by atoms with Crippen molar-refractivity contribution in [1.82, 2.24) is 5.32 Å². The van der Waals surface area contributed by atoms with E-state index >= 15 is 0 Å². The first-order chi connectivity index (χ1) is 5.57. The van der Waals surface area contributed by atoms with Crippen molar-refractivity contribution in [3.8, 4) is 0 Å². The molecule has 2 atom stereocenters. The molecule has 1 rings (SSSR count). The molecule has 0 bridgehead atoms. The minimum absolute atomic E-state index is 0.430. The van der Waals surface area contributed by atoms with Gasteiger partial charge in [-0.2, -0.15) is 0 Å². The first-order valence-corrected chi connectivity index (χ1v) is 2.59. The summed E-state index contributed by atoms with van der Waals surface area (Å²) in [7, 11) is 0. The summed E-state index contributed by atoms with van der Waals surface area (Å²) >= 11 is 0. The van der Waals surface area contributed by atoms with E-state index in [9.17, 15) is 5.11 Å². The van der Waals surface area contributed by atoms with Crippen LogP contribution in [-0.2, 0) is 0 Å². The van der Waals surface area contributed by atoms with Gasteiger partial charge in [-0.25, -0.2) is 0 Å². The summed E-state index contributed by atoms with van der Waals surface area (Å²) in [5.41, 5.74) is 0. The lowest BCUT2D eigenvalue weighted by Crippen LogP contribution is -2.38. The van der Waals surface area contributed by atoms with Crippen LogP contribution in [0.4, 0.5) is 0 Å². The quantitative estimate of drug-likeness (QED) is 0.471. The summed E-state index contributed by atoms with van der Waals surface area (Å²) in [5.74, 6) is -0.969. The molecule has 0 saturated carbocycles. The second-order valence-corrected chi connectivity index (χ2v) is 1.84. The Morgan fingerprint density at radius 2 is 2.75 bits per heavy atom. The van der Waals surface area contributed by atoms with Crippen molar-refractivity contribution < 1.29 is 12.0 Å². The molecule has 0 spiro atoms. The van der Waals surface area contributed by atoms with Gasteiger partial charge in [-0.1, -0.05) is 6.92 Å². The van der Waals surface area contributed by atoms with Crippen molar-refractivity contribution in [2.45, 2.75) is 19.4 Å². The number of piperidine rings is 1. The van der Waals surface area contributed by atoms with Crippen molar-refractivity contribution in [3.63, 3.8) is 0 Å². The van der Waals surface area contributed by atoms with Gasteiger partial charge in [0.2, 0.25) is 0 Å². The van der Waals surface area contributed by atoms with Gasteiger partial charge in [0.25, 0.3) is 0 Å². The molecule has 2 nitrogen and oxygen atoms in total. The van der Waals surface area contributed by atoms with Crippen LogP contribution in [0.1, 0.15) is 20.2 Å². The molecule has 1 heterocycles. The Bertz CT molecular complexity index is 197. The minimum Gasteiger partial charge on any atom is -0.393 e. The molecule has 0 aromatic carbocycles. The molecule has 1 aliphatic heterocycles. The van der Waals surface area contributed by atoms with E-state index in [4.69, 9.17) is 6.85 Å². The molecule has 1 fully saturated rings. The molecule has 0 aromatic rings. The maximum Gasteiger partial charge on any atom is 0.0604 e. The first-order valence-electron chi connectivity index (χ1n) is 5.09. The Morgan fingerprint density at radius 1 is 2.00 bits per heavy atom. The Morgan fingerprint density at radius 3 is 3.38 bits per heavy atom. The fraction of sp³-hybridized carbons (Fsp3) is 1.00. The van der Waals surface area contributed by atoms with Crippen LogP contribution >= 0.6 is 0 Å². The second-order valence-electron chi connectivity index (χ2n) is 1.84. The van der Waals surface area contributed by atoms with Crippen molar-refractivity contribution in [2.24, 2.45) is 5.92 Å². The lowest BCUT2D eigenvalue weighted by Gasteiger charge is -2.24. The van der Waals surface area contributed by atoms with Crippen LogP contribution in [-0.4, -0.2) is 24.2 Å². The molecule has 0 aliphatic carbocycles. The molecule has 48 valence electrons. The van der Waals surface area contributed by atoms with Gasteiger partial charge in [-0.15, -0.1) is 0 Å². The third kappa shape index (κ3) is 1.20. The molecule has 2 heteroatoms. The first kappa shape index (κ1) is 2.27. The number of rotatable bonds is 0. The van der Waals surface area contributed by atoms with Gasteiger partial charge in [0.1, 0.15) is 0 Å². The normalized spacial score (nSPS) is 70.8. The summed E-state index contributed by atoms with van der Waals surface area (Å²) in [4.78, 5) is 0. The van der Waals surface area contributed by atoms with Crippen LogP contribution in [0.15, 0.2) is 0 Å². The highest BCUT2D eigenvalue weighted by molar-refractivity contribution is 4.72.